The zero-order valence-corrected chi connectivity index (χ0v) is 3.77. The second kappa shape index (κ2) is 4.07. The van der Waals surface area contributed by atoms with Crippen LogP contribution >= 0.6 is 0 Å². The molecule has 0 spiro atoms. The van der Waals surface area contributed by atoms with Crippen molar-refractivity contribution in [2.75, 3.05) is 0 Å². The van der Waals surface area contributed by atoms with Crippen molar-refractivity contribution in [1.82, 2.24) is 6.15 Å². The Kier molecular flexibility index (Phi) is 7.26. The maximum absolute atomic E-state index is 8.81. The predicted molar refractivity (Wildman–Crippen MR) is 9.13 cm³/mol. The summed E-state index contributed by atoms with van der Waals surface area (Å²) in [6, 6.07) is 0. The minimum atomic E-state index is -0.500. The van der Waals surface area contributed by atoms with Gasteiger partial charge in [-0.15, -0.1) is 0 Å². The van der Waals surface area contributed by atoms with Gasteiger partial charge in [-0.1, -0.05) is 0 Å². The zero-order valence-electron chi connectivity index (χ0n) is 2.21. The predicted octanol–water partition coefficient (Wildman–Crippen LogP) is -0.756. The molecule has 4 nitrogen and oxygen atoms in total. The van der Waals surface area contributed by atoms with E-state index < -0.39 is 3.41 Å². The van der Waals surface area contributed by atoms with Gasteiger partial charge in [-0.2, -0.15) is 0 Å². The number of rotatable bonds is 0. The molecule has 5 heavy (non-hydrogen) atoms. The van der Waals surface area contributed by atoms with E-state index in [1.807, 2.05) is 0 Å². The van der Waals surface area contributed by atoms with Crippen LogP contribution in [0.1, 0.15) is 0 Å². The molecule has 0 unspecified atom stereocenters. The van der Waals surface area contributed by atoms with Gasteiger partial charge in [0.15, 0.2) is 0 Å². The second-order valence-corrected chi connectivity index (χ2v) is 0.827. The molecule has 0 saturated carbocycles. The Morgan fingerprint density at radius 2 is 1.80 bits per heavy atom. The molecule has 3 radical (unpaired) electrons. The van der Waals surface area contributed by atoms with Crippen molar-refractivity contribution in [2.24, 2.45) is 0 Å². The van der Waals surface area contributed by atoms with Gasteiger partial charge in [0.05, 0.1) is 0 Å². The first kappa shape index (κ1) is 8.91. The molecular weight excluding hydrogens is 108 g/mol. The van der Waals surface area contributed by atoms with E-state index in [0.717, 1.165) is 20.7 Å². The molecule has 0 aliphatic heterocycles. The summed E-state index contributed by atoms with van der Waals surface area (Å²) in [5.74, 6) is 0. The molecule has 0 aromatic rings. The molecule has 0 fully saturated rings. The third kappa shape index (κ3) is 3180. The first-order valence-electron chi connectivity index (χ1n) is 0.589. The fourth-order valence-electron chi connectivity index (χ4n) is 0. The van der Waals surface area contributed by atoms with Gasteiger partial charge in [0.1, 0.15) is 0 Å². The Hall–Kier alpha value is 0.0743. The van der Waals surface area contributed by atoms with Crippen LogP contribution in [-0.4, -0.2) is 3.41 Å². The van der Waals surface area contributed by atoms with Crippen LogP contribution in [0.2, 0.25) is 0 Å². The minimum Gasteiger partial charge on any atom is 0 e. The number of hydrogen-bond acceptors (Lipinski definition) is 2. The van der Waals surface area contributed by atoms with Crippen molar-refractivity contribution in [3.05, 3.63) is 10.1 Å². The van der Waals surface area contributed by atoms with Gasteiger partial charge in [0.25, 0.3) is 0 Å². The van der Waals surface area contributed by atoms with E-state index in [9.17, 15) is 0 Å². The van der Waals surface area contributed by atoms with Gasteiger partial charge in [0, 0.05) is 6.15 Å². The van der Waals surface area contributed by atoms with Gasteiger partial charge in [-0.3, -0.25) is 0 Å². The first-order chi connectivity index (χ1) is 1.73. The van der Waals surface area contributed by atoms with Crippen molar-refractivity contribution < 1.29 is 24.1 Å². The fraction of sp³-hybridized carbons (Fsp3) is 0. The third-order valence-corrected chi connectivity index (χ3v) is 0. The Balaban J connectivity index is 0. The summed E-state index contributed by atoms with van der Waals surface area (Å²) < 4.78 is -0.500. The van der Waals surface area contributed by atoms with E-state index in [1.165, 1.54) is 0 Å². The fourth-order valence-corrected chi connectivity index (χ4v) is 0. The molecule has 0 saturated heterocycles. The Morgan fingerprint density at radius 1 is 1.80 bits per heavy atom. The van der Waals surface area contributed by atoms with E-state index in [4.69, 9.17) is 10.1 Å². The second-order valence-electron chi connectivity index (χ2n) is 0.257. The van der Waals surface area contributed by atoms with Gasteiger partial charge >= 0.3 is 34.2 Å². The summed E-state index contributed by atoms with van der Waals surface area (Å²) >= 11 is 0.889. The van der Waals surface area contributed by atoms with Gasteiger partial charge in [-0.25, -0.2) is 0 Å². The van der Waals surface area contributed by atoms with Crippen LogP contribution in [-0.2, 0) is 20.7 Å². The average molecular weight is 108 g/mol. The van der Waals surface area contributed by atoms with Crippen molar-refractivity contribution in [1.29, 1.82) is 0 Å². The summed E-state index contributed by atoms with van der Waals surface area (Å²) in [5.41, 5.74) is 0. The van der Waals surface area contributed by atoms with E-state index in [1.54, 1.807) is 0 Å². The third-order valence-electron chi connectivity index (χ3n) is 0. The summed E-state index contributed by atoms with van der Waals surface area (Å²) in [6.45, 7) is 0. The van der Waals surface area contributed by atoms with E-state index in [-0.39, 0.29) is 6.15 Å². The van der Waals surface area contributed by atoms with Crippen molar-refractivity contribution in [3.8, 4) is 0 Å². The molecule has 0 bridgehead atoms. The van der Waals surface area contributed by atoms with E-state index >= 15 is 0 Å². The molecular formula is N2O2Ti. The molecule has 0 heterocycles. The molecule has 0 aromatic carbocycles. The van der Waals surface area contributed by atoms with Gasteiger partial charge in [-0.05, 0) is 0 Å². The normalized spacial score (nSPS) is 4.60. The maximum Gasteiger partial charge on any atom is 0 e. The Morgan fingerprint density at radius 3 is 1.80 bits per heavy atom. The van der Waals surface area contributed by atoms with E-state index in [0.29, 0.717) is 0 Å². The molecule has 0 amide bonds. The molecule has 26 valence electrons. The molecule has 0 N–H and O–H groups in total. The zero-order chi connectivity index (χ0) is 3.58. The summed E-state index contributed by atoms with van der Waals surface area (Å²) in [6.07, 6.45) is 0. The Labute approximate surface area is 41.0 Å². The molecule has 5 heteroatoms. The largest absolute Gasteiger partial charge is 0 e. The van der Waals surface area contributed by atoms with Crippen LogP contribution in [0.3, 0.4) is 0 Å². The molecule has 0 aliphatic rings. The minimum absolute atomic E-state index is 0. The number of hydrogen-bond donors (Lipinski definition) is 0. The van der Waals surface area contributed by atoms with Gasteiger partial charge in [0.2, 0.25) is 0 Å². The first-order valence-corrected chi connectivity index (χ1v) is 1.29. The Bertz CT molecular complexity index is 30.6. The summed E-state index contributed by atoms with van der Waals surface area (Å²) in [7, 11) is 0. The molecule has 0 aromatic heterocycles. The summed E-state index contributed by atoms with van der Waals surface area (Å²) in [5, 5.41) is 8.81. The average Bonchev–Trinajstić information content (AvgIpc) is 0.811. The van der Waals surface area contributed by atoms with Crippen LogP contribution in [0.15, 0.2) is 0 Å². The van der Waals surface area contributed by atoms with Crippen LogP contribution in [0, 0.1) is 10.1 Å². The van der Waals surface area contributed by atoms with Gasteiger partial charge < -0.3 is 0 Å². The van der Waals surface area contributed by atoms with Crippen molar-refractivity contribution >= 4 is 0 Å². The van der Waals surface area contributed by atoms with Crippen LogP contribution in [0.5, 0.6) is 0 Å². The summed E-state index contributed by atoms with van der Waals surface area (Å²) in [4.78, 5) is 8.81. The number of nitro groups is 1. The number of nitrogens with zero attached hydrogens (tertiary/aromatic N) is 2. The van der Waals surface area contributed by atoms with E-state index in [2.05, 4.69) is 0 Å². The molecule has 0 rings (SSSR count). The SMILES string of the molecule is O=[N+]([O-])[Ti].[N]. The molecule has 0 atom stereocenters. The monoisotopic (exact) mass is 108 g/mol. The van der Waals surface area contributed by atoms with Crippen LogP contribution in [0.25, 0.3) is 0 Å². The maximum atomic E-state index is 8.81. The standard InChI is InChI=1S/NO2.N.Ti/c2-1-3;;. The van der Waals surface area contributed by atoms with Crippen LogP contribution in [0.4, 0.5) is 0 Å². The van der Waals surface area contributed by atoms with Crippen molar-refractivity contribution in [3.63, 3.8) is 0 Å². The smallest absolute Gasteiger partial charge is 0 e. The van der Waals surface area contributed by atoms with Crippen LogP contribution < -0.4 is 6.15 Å². The quantitative estimate of drug-likeness (QED) is 0.232. The molecule has 0 aliphatic carbocycles. The van der Waals surface area contributed by atoms with Crippen molar-refractivity contribution in [2.45, 2.75) is 0 Å². The topological polar surface area (TPSA) is 73.6 Å².